The Morgan fingerprint density at radius 2 is 1.75 bits per heavy atom. The van der Waals surface area contributed by atoms with Crippen LogP contribution < -0.4 is 10.2 Å². The molecule has 1 amide bonds. The van der Waals surface area contributed by atoms with E-state index >= 15 is 0 Å². The molecule has 0 radical (unpaired) electrons. The molecule has 5 rings (SSSR count). The lowest BCUT2D eigenvalue weighted by Crippen LogP contribution is -2.41. The molecule has 160 valence electrons. The Kier molecular flexibility index (Phi) is 5.55. The molecular formula is C27H26N4O. The minimum Gasteiger partial charge on any atom is -0.354 e. The highest BCUT2D eigenvalue weighted by Gasteiger charge is 2.27. The Hall–Kier alpha value is -3.73. The summed E-state index contributed by atoms with van der Waals surface area (Å²) >= 11 is 0. The SMILES string of the molecule is Cc1ccc(-c2ccc(N3CCC[C@H](C(=O)Nc4cccc5ccccc45)C3)nn2)cc1. The number of hydrogen-bond donors (Lipinski definition) is 1. The van der Waals surface area contributed by atoms with E-state index < -0.39 is 0 Å². The van der Waals surface area contributed by atoms with Crippen LogP contribution >= 0.6 is 0 Å². The van der Waals surface area contributed by atoms with E-state index in [1.165, 1.54) is 5.56 Å². The van der Waals surface area contributed by atoms with E-state index in [2.05, 4.69) is 63.7 Å². The van der Waals surface area contributed by atoms with Crippen LogP contribution in [0.5, 0.6) is 0 Å². The molecular weight excluding hydrogens is 396 g/mol. The molecule has 2 heterocycles. The van der Waals surface area contributed by atoms with Crippen LogP contribution in [0.15, 0.2) is 78.9 Å². The second kappa shape index (κ2) is 8.79. The number of amides is 1. The number of carbonyl (C=O) groups excluding carboxylic acids is 1. The fourth-order valence-corrected chi connectivity index (χ4v) is 4.34. The first-order valence-electron chi connectivity index (χ1n) is 11.1. The van der Waals surface area contributed by atoms with Crippen molar-refractivity contribution in [2.75, 3.05) is 23.3 Å². The van der Waals surface area contributed by atoms with E-state index in [9.17, 15) is 4.79 Å². The second-order valence-electron chi connectivity index (χ2n) is 8.44. The number of nitrogens with one attached hydrogen (secondary N) is 1. The molecule has 3 aromatic carbocycles. The van der Waals surface area contributed by atoms with Gasteiger partial charge in [-0.05, 0) is 43.4 Å². The Labute approximate surface area is 188 Å². The highest BCUT2D eigenvalue weighted by molar-refractivity contribution is 6.03. The summed E-state index contributed by atoms with van der Waals surface area (Å²) in [6.45, 7) is 3.60. The van der Waals surface area contributed by atoms with E-state index in [0.29, 0.717) is 6.54 Å². The first kappa shape index (κ1) is 20.2. The molecule has 1 saturated heterocycles. The number of nitrogens with zero attached hydrogens (tertiary/aromatic N) is 3. The van der Waals surface area contributed by atoms with Crippen molar-refractivity contribution >= 4 is 28.2 Å². The maximum absolute atomic E-state index is 13.1. The average Bonchev–Trinajstić information content (AvgIpc) is 2.85. The molecule has 5 heteroatoms. The topological polar surface area (TPSA) is 58.1 Å². The summed E-state index contributed by atoms with van der Waals surface area (Å²) in [5.74, 6) is 0.806. The molecule has 32 heavy (non-hydrogen) atoms. The lowest BCUT2D eigenvalue weighted by atomic mass is 9.96. The van der Waals surface area contributed by atoms with Gasteiger partial charge in [0.2, 0.25) is 5.91 Å². The summed E-state index contributed by atoms with van der Waals surface area (Å²) in [6, 6.07) is 26.4. The average molecular weight is 423 g/mol. The van der Waals surface area contributed by atoms with Crippen molar-refractivity contribution in [1.82, 2.24) is 10.2 Å². The summed E-state index contributed by atoms with van der Waals surface area (Å²) < 4.78 is 0. The summed E-state index contributed by atoms with van der Waals surface area (Å²) in [5.41, 5.74) is 4.00. The Morgan fingerprint density at radius 3 is 2.56 bits per heavy atom. The second-order valence-corrected chi connectivity index (χ2v) is 8.44. The molecule has 1 fully saturated rings. The molecule has 0 saturated carbocycles. The predicted octanol–water partition coefficient (Wildman–Crippen LogP) is 5.46. The van der Waals surface area contributed by atoms with Crippen LogP contribution in [0.4, 0.5) is 11.5 Å². The first-order valence-corrected chi connectivity index (χ1v) is 11.1. The zero-order chi connectivity index (χ0) is 21.9. The highest BCUT2D eigenvalue weighted by Crippen LogP contribution is 2.27. The predicted molar refractivity (Wildman–Crippen MR) is 130 cm³/mol. The normalized spacial score (nSPS) is 16.2. The zero-order valence-electron chi connectivity index (χ0n) is 18.2. The number of piperidine rings is 1. The van der Waals surface area contributed by atoms with E-state index in [1.54, 1.807) is 0 Å². The van der Waals surface area contributed by atoms with Crippen LogP contribution in [0.3, 0.4) is 0 Å². The van der Waals surface area contributed by atoms with Crippen LogP contribution in [0.1, 0.15) is 18.4 Å². The zero-order valence-corrected chi connectivity index (χ0v) is 18.2. The number of anilines is 2. The number of aromatic nitrogens is 2. The number of benzene rings is 3. The van der Waals surface area contributed by atoms with Gasteiger partial charge in [-0.2, -0.15) is 0 Å². The van der Waals surface area contributed by atoms with Gasteiger partial charge in [0, 0.05) is 29.7 Å². The lowest BCUT2D eigenvalue weighted by Gasteiger charge is -2.32. The molecule has 1 N–H and O–H groups in total. The van der Waals surface area contributed by atoms with Gasteiger partial charge in [0.1, 0.15) is 0 Å². The quantitative estimate of drug-likeness (QED) is 0.474. The fourth-order valence-electron chi connectivity index (χ4n) is 4.34. The maximum atomic E-state index is 13.1. The van der Waals surface area contributed by atoms with E-state index in [4.69, 9.17) is 0 Å². The van der Waals surface area contributed by atoms with Gasteiger partial charge in [-0.15, -0.1) is 10.2 Å². The number of carbonyl (C=O) groups is 1. The standard InChI is InChI=1S/C27H26N4O/c1-19-11-13-21(14-12-19)24-15-16-26(30-29-24)31-17-5-8-22(18-31)27(32)28-25-10-4-7-20-6-2-3-9-23(20)25/h2-4,6-7,9-16,22H,5,8,17-18H2,1H3,(H,28,32)/t22-/m0/s1. The monoisotopic (exact) mass is 422 g/mol. The number of fused-ring (bicyclic) bond motifs is 1. The van der Waals surface area contributed by atoms with E-state index in [1.807, 2.05) is 42.5 Å². The van der Waals surface area contributed by atoms with Gasteiger partial charge in [-0.3, -0.25) is 4.79 Å². The smallest absolute Gasteiger partial charge is 0.229 e. The minimum atomic E-state index is -0.0821. The number of aryl methyl sites for hydroxylation is 1. The molecule has 0 unspecified atom stereocenters. The molecule has 1 aromatic heterocycles. The van der Waals surface area contributed by atoms with Crippen LogP contribution in [-0.2, 0) is 4.79 Å². The minimum absolute atomic E-state index is 0.0651. The van der Waals surface area contributed by atoms with Crippen molar-refractivity contribution in [3.63, 3.8) is 0 Å². The third-order valence-electron chi connectivity index (χ3n) is 6.16. The van der Waals surface area contributed by atoms with Crippen molar-refractivity contribution in [2.45, 2.75) is 19.8 Å². The third-order valence-corrected chi connectivity index (χ3v) is 6.16. The highest BCUT2D eigenvalue weighted by atomic mass is 16.1. The van der Waals surface area contributed by atoms with Crippen molar-refractivity contribution < 1.29 is 4.79 Å². The molecule has 5 nitrogen and oxygen atoms in total. The van der Waals surface area contributed by atoms with Gasteiger partial charge in [0.15, 0.2) is 5.82 Å². The van der Waals surface area contributed by atoms with Crippen molar-refractivity contribution in [3.05, 3.63) is 84.4 Å². The first-order chi connectivity index (χ1) is 15.7. The van der Waals surface area contributed by atoms with Gasteiger partial charge in [0.05, 0.1) is 11.6 Å². The van der Waals surface area contributed by atoms with Gasteiger partial charge < -0.3 is 10.2 Å². The van der Waals surface area contributed by atoms with Crippen molar-refractivity contribution in [2.24, 2.45) is 5.92 Å². The third kappa shape index (κ3) is 4.19. The van der Waals surface area contributed by atoms with Crippen LogP contribution in [0, 0.1) is 12.8 Å². The summed E-state index contributed by atoms with van der Waals surface area (Å²) in [5, 5.41) is 14.2. The summed E-state index contributed by atoms with van der Waals surface area (Å²) in [4.78, 5) is 15.3. The van der Waals surface area contributed by atoms with Crippen molar-refractivity contribution in [1.29, 1.82) is 0 Å². The molecule has 1 aliphatic rings. The number of hydrogen-bond acceptors (Lipinski definition) is 4. The molecule has 0 spiro atoms. The Morgan fingerprint density at radius 1 is 0.938 bits per heavy atom. The lowest BCUT2D eigenvalue weighted by molar-refractivity contribution is -0.120. The van der Waals surface area contributed by atoms with Crippen LogP contribution in [0.25, 0.3) is 22.0 Å². The van der Waals surface area contributed by atoms with Crippen LogP contribution in [0.2, 0.25) is 0 Å². The Balaban J connectivity index is 1.28. The molecule has 0 bridgehead atoms. The van der Waals surface area contributed by atoms with E-state index in [-0.39, 0.29) is 11.8 Å². The van der Waals surface area contributed by atoms with Crippen molar-refractivity contribution in [3.8, 4) is 11.3 Å². The molecule has 4 aromatic rings. The largest absolute Gasteiger partial charge is 0.354 e. The van der Waals surface area contributed by atoms with Gasteiger partial charge in [-0.25, -0.2) is 0 Å². The Bertz CT molecular complexity index is 1230. The van der Waals surface area contributed by atoms with Gasteiger partial charge in [0.25, 0.3) is 0 Å². The number of rotatable bonds is 4. The molecule has 0 aliphatic carbocycles. The summed E-state index contributed by atoms with van der Waals surface area (Å²) in [6.07, 6.45) is 1.83. The summed E-state index contributed by atoms with van der Waals surface area (Å²) in [7, 11) is 0. The molecule has 1 aliphatic heterocycles. The maximum Gasteiger partial charge on any atom is 0.229 e. The fraction of sp³-hybridized carbons (Fsp3) is 0.222. The van der Waals surface area contributed by atoms with Gasteiger partial charge in [-0.1, -0.05) is 66.2 Å². The van der Waals surface area contributed by atoms with E-state index in [0.717, 1.165) is 52.9 Å². The van der Waals surface area contributed by atoms with Gasteiger partial charge >= 0.3 is 0 Å². The van der Waals surface area contributed by atoms with Crippen LogP contribution in [-0.4, -0.2) is 29.2 Å². The molecule has 1 atom stereocenters.